The van der Waals surface area contributed by atoms with E-state index in [0.29, 0.717) is 0 Å². The molecule has 1 aromatic carbocycles. The second kappa shape index (κ2) is 6.72. The van der Waals surface area contributed by atoms with Gasteiger partial charge in [-0.1, -0.05) is 30.3 Å². The molecule has 120 valence electrons. The van der Waals surface area contributed by atoms with Gasteiger partial charge in [-0.2, -0.15) is 0 Å². The van der Waals surface area contributed by atoms with E-state index in [1.807, 2.05) is 6.07 Å². The van der Waals surface area contributed by atoms with Gasteiger partial charge in [-0.3, -0.25) is 4.79 Å². The van der Waals surface area contributed by atoms with Gasteiger partial charge >= 0.3 is 12.1 Å². The maximum Gasteiger partial charge on any atom is 0.407 e. The fourth-order valence-electron chi connectivity index (χ4n) is 2.48. The number of alkyl halides is 2. The molecule has 22 heavy (non-hydrogen) atoms. The molecule has 2 unspecified atom stereocenters. The molecule has 1 aliphatic rings. The van der Waals surface area contributed by atoms with E-state index in [2.05, 4.69) is 5.32 Å². The lowest BCUT2D eigenvalue weighted by Gasteiger charge is -2.33. The average molecular weight is 313 g/mol. The Labute approximate surface area is 126 Å². The fourth-order valence-corrected chi connectivity index (χ4v) is 2.48. The molecule has 2 atom stereocenters. The number of hydrogen-bond acceptors (Lipinski definition) is 3. The standard InChI is InChI=1S/C15H17F2NO4/c16-15(17)7-6-12(11(8-15)13(19)20)18-14(21)22-9-10-4-2-1-3-5-10/h1-5,11-12H,6-9H2,(H,18,21)(H,19,20). The molecule has 0 radical (unpaired) electrons. The average Bonchev–Trinajstić information content (AvgIpc) is 2.48. The molecule has 1 saturated carbocycles. The van der Waals surface area contributed by atoms with Crippen LogP contribution in [0.4, 0.5) is 13.6 Å². The zero-order valence-electron chi connectivity index (χ0n) is 11.8. The van der Waals surface area contributed by atoms with E-state index in [1.165, 1.54) is 0 Å². The van der Waals surface area contributed by atoms with E-state index in [4.69, 9.17) is 9.84 Å². The Morgan fingerprint density at radius 1 is 1.32 bits per heavy atom. The van der Waals surface area contributed by atoms with Crippen molar-refractivity contribution in [1.29, 1.82) is 0 Å². The number of aliphatic carboxylic acids is 1. The van der Waals surface area contributed by atoms with E-state index in [0.717, 1.165) is 5.56 Å². The minimum atomic E-state index is -3.00. The third kappa shape index (κ3) is 4.41. The van der Waals surface area contributed by atoms with Crippen molar-refractivity contribution in [2.45, 2.75) is 37.8 Å². The van der Waals surface area contributed by atoms with Crippen molar-refractivity contribution in [2.24, 2.45) is 5.92 Å². The minimum Gasteiger partial charge on any atom is -0.481 e. The fraction of sp³-hybridized carbons (Fsp3) is 0.467. The maximum absolute atomic E-state index is 13.3. The number of halogens is 2. The van der Waals surface area contributed by atoms with Gasteiger partial charge in [0.1, 0.15) is 6.61 Å². The van der Waals surface area contributed by atoms with Crippen LogP contribution in [-0.2, 0) is 16.1 Å². The number of rotatable bonds is 4. The first-order valence-corrected chi connectivity index (χ1v) is 6.95. The van der Waals surface area contributed by atoms with Crippen LogP contribution in [0.1, 0.15) is 24.8 Å². The highest BCUT2D eigenvalue weighted by atomic mass is 19.3. The van der Waals surface area contributed by atoms with Crippen molar-refractivity contribution in [3.63, 3.8) is 0 Å². The number of alkyl carbamates (subject to hydrolysis) is 1. The van der Waals surface area contributed by atoms with Crippen LogP contribution in [0, 0.1) is 5.92 Å². The van der Waals surface area contributed by atoms with Gasteiger partial charge in [0.25, 0.3) is 0 Å². The molecule has 0 spiro atoms. The monoisotopic (exact) mass is 313 g/mol. The summed E-state index contributed by atoms with van der Waals surface area (Å²) in [5.74, 6) is -5.66. The summed E-state index contributed by atoms with van der Waals surface area (Å²) in [6.45, 7) is 0.0350. The number of benzene rings is 1. The number of hydrogen-bond donors (Lipinski definition) is 2. The van der Waals surface area contributed by atoms with E-state index >= 15 is 0 Å². The zero-order chi connectivity index (χ0) is 16.2. The summed E-state index contributed by atoms with van der Waals surface area (Å²) >= 11 is 0. The smallest absolute Gasteiger partial charge is 0.407 e. The van der Waals surface area contributed by atoms with Gasteiger partial charge in [0, 0.05) is 18.9 Å². The van der Waals surface area contributed by atoms with Crippen LogP contribution in [0.2, 0.25) is 0 Å². The Bertz CT molecular complexity index is 536. The van der Waals surface area contributed by atoms with E-state index in [9.17, 15) is 18.4 Å². The Hall–Kier alpha value is -2.18. The molecule has 0 aromatic heterocycles. The van der Waals surface area contributed by atoms with Crippen molar-refractivity contribution >= 4 is 12.1 Å². The number of carbonyl (C=O) groups is 2. The maximum atomic E-state index is 13.3. The molecule has 2 N–H and O–H groups in total. The van der Waals surface area contributed by atoms with Crippen molar-refractivity contribution < 1.29 is 28.2 Å². The van der Waals surface area contributed by atoms with Crippen molar-refractivity contribution in [1.82, 2.24) is 5.32 Å². The summed E-state index contributed by atoms with van der Waals surface area (Å²) in [6, 6.07) is 8.10. The lowest BCUT2D eigenvalue weighted by Crippen LogP contribution is -2.49. The van der Waals surface area contributed by atoms with Crippen molar-refractivity contribution in [2.75, 3.05) is 0 Å². The van der Waals surface area contributed by atoms with Gasteiger partial charge in [0.2, 0.25) is 5.92 Å². The molecule has 1 aromatic rings. The number of ether oxygens (including phenoxy) is 1. The highest BCUT2D eigenvalue weighted by Gasteiger charge is 2.45. The number of carboxylic acid groups (broad SMARTS) is 1. The molecule has 0 heterocycles. The first kappa shape index (κ1) is 16.2. The molecule has 1 fully saturated rings. The van der Waals surface area contributed by atoms with Crippen LogP contribution in [-0.4, -0.2) is 29.1 Å². The van der Waals surface area contributed by atoms with E-state index < -0.39 is 42.8 Å². The topological polar surface area (TPSA) is 75.6 Å². The lowest BCUT2D eigenvalue weighted by atomic mass is 9.82. The van der Waals surface area contributed by atoms with Crippen LogP contribution in [0.25, 0.3) is 0 Å². The highest BCUT2D eigenvalue weighted by molar-refractivity contribution is 5.73. The summed E-state index contributed by atoms with van der Waals surface area (Å²) < 4.78 is 31.6. The van der Waals surface area contributed by atoms with Gasteiger partial charge in [-0.15, -0.1) is 0 Å². The van der Waals surface area contributed by atoms with Crippen LogP contribution in [0.3, 0.4) is 0 Å². The summed E-state index contributed by atoms with van der Waals surface area (Å²) in [5, 5.41) is 11.4. The SMILES string of the molecule is O=C(NC1CCC(F)(F)CC1C(=O)O)OCc1ccccc1. The van der Waals surface area contributed by atoms with Gasteiger partial charge < -0.3 is 15.2 Å². The predicted molar refractivity (Wildman–Crippen MR) is 73.5 cm³/mol. The molecular formula is C15H17F2NO4. The summed E-state index contributed by atoms with van der Waals surface area (Å²) in [7, 11) is 0. The van der Waals surface area contributed by atoms with E-state index in [1.54, 1.807) is 24.3 Å². The molecule has 7 heteroatoms. The quantitative estimate of drug-likeness (QED) is 0.896. The number of amides is 1. The van der Waals surface area contributed by atoms with E-state index in [-0.39, 0.29) is 13.0 Å². The Morgan fingerprint density at radius 2 is 2.00 bits per heavy atom. The molecule has 0 saturated heterocycles. The number of nitrogens with one attached hydrogen (secondary N) is 1. The largest absolute Gasteiger partial charge is 0.481 e. The Balaban J connectivity index is 1.88. The molecular weight excluding hydrogens is 296 g/mol. The van der Waals surface area contributed by atoms with Gasteiger partial charge in [0.05, 0.1) is 5.92 Å². The third-order valence-corrected chi connectivity index (χ3v) is 3.66. The molecule has 0 bridgehead atoms. The normalized spacial score (nSPS) is 23.5. The first-order valence-electron chi connectivity index (χ1n) is 6.95. The Morgan fingerprint density at radius 3 is 2.64 bits per heavy atom. The van der Waals surface area contributed by atoms with Crippen molar-refractivity contribution in [3.05, 3.63) is 35.9 Å². The van der Waals surface area contributed by atoms with Crippen LogP contribution in [0.5, 0.6) is 0 Å². The molecule has 5 nitrogen and oxygen atoms in total. The number of carbonyl (C=O) groups excluding carboxylic acids is 1. The third-order valence-electron chi connectivity index (χ3n) is 3.66. The molecule has 1 amide bonds. The first-order chi connectivity index (χ1) is 10.4. The van der Waals surface area contributed by atoms with Crippen LogP contribution >= 0.6 is 0 Å². The zero-order valence-corrected chi connectivity index (χ0v) is 11.8. The molecule has 2 rings (SSSR count). The minimum absolute atomic E-state index is 0.0350. The summed E-state index contributed by atoms with van der Waals surface area (Å²) in [5.41, 5.74) is 0.780. The second-order valence-electron chi connectivity index (χ2n) is 5.36. The van der Waals surface area contributed by atoms with Gasteiger partial charge in [-0.05, 0) is 12.0 Å². The Kier molecular flexibility index (Phi) is 4.95. The summed E-state index contributed by atoms with van der Waals surface area (Å²) in [6.07, 6.45) is -2.11. The highest BCUT2D eigenvalue weighted by Crippen LogP contribution is 2.37. The van der Waals surface area contributed by atoms with Crippen molar-refractivity contribution in [3.8, 4) is 0 Å². The summed E-state index contributed by atoms with van der Waals surface area (Å²) in [4.78, 5) is 22.8. The second-order valence-corrected chi connectivity index (χ2v) is 5.36. The number of carboxylic acids is 1. The molecule has 1 aliphatic carbocycles. The van der Waals surface area contributed by atoms with Gasteiger partial charge in [-0.25, -0.2) is 13.6 Å². The lowest BCUT2D eigenvalue weighted by molar-refractivity contribution is -0.150. The van der Waals surface area contributed by atoms with Crippen LogP contribution in [0.15, 0.2) is 30.3 Å². The van der Waals surface area contributed by atoms with Gasteiger partial charge in [0.15, 0.2) is 0 Å². The predicted octanol–water partition coefficient (Wildman–Crippen LogP) is 2.80. The van der Waals surface area contributed by atoms with Crippen LogP contribution < -0.4 is 5.32 Å². The molecule has 0 aliphatic heterocycles.